The number of hydrogen-bond acceptors (Lipinski definition) is 6. The van der Waals surface area contributed by atoms with Crippen molar-refractivity contribution in [2.24, 2.45) is 5.73 Å². The number of nitrogens with two attached hydrogens (primary N) is 1. The lowest BCUT2D eigenvalue weighted by atomic mass is 10.2. The van der Waals surface area contributed by atoms with Gasteiger partial charge in [-0.05, 0) is 29.3 Å². The van der Waals surface area contributed by atoms with Gasteiger partial charge in [-0.1, -0.05) is 36.4 Å². The van der Waals surface area contributed by atoms with Crippen LogP contribution in [0, 0.1) is 0 Å². The van der Waals surface area contributed by atoms with Crippen molar-refractivity contribution in [3.05, 3.63) is 83.6 Å². The Morgan fingerprint density at radius 2 is 1.77 bits per heavy atom. The van der Waals surface area contributed by atoms with Crippen LogP contribution in [0.15, 0.2) is 66.9 Å². The Kier molecular flexibility index (Phi) is 7.42. The van der Waals surface area contributed by atoms with Gasteiger partial charge in [0.25, 0.3) is 11.8 Å². The normalized spacial score (nSPS) is 10.2. The highest BCUT2D eigenvalue weighted by Gasteiger charge is 2.10. The number of aromatic nitrogens is 1. The number of amides is 2. The van der Waals surface area contributed by atoms with Gasteiger partial charge < -0.3 is 25.3 Å². The molecule has 0 saturated heterocycles. The van der Waals surface area contributed by atoms with Gasteiger partial charge in [-0.2, -0.15) is 0 Å². The molecule has 0 radical (unpaired) electrons. The van der Waals surface area contributed by atoms with Gasteiger partial charge in [-0.15, -0.1) is 0 Å². The molecule has 0 spiro atoms. The predicted octanol–water partition coefficient (Wildman–Crippen LogP) is 2.46. The molecule has 0 aliphatic heterocycles. The van der Waals surface area contributed by atoms with Crippen LogP contribution in [-0.4, -0.2) is 30.5 Å². The summed E-state index contributed by atoms with van der Waals surface area (Å²) in [4.78, 5) is 27.6. The first-order valence-electron chi connectivity index (χ1n) is 9.54. The highest BCUT2D eigenvalue weighted by atomic mass is 16.5. The number of pyridine rings is 1. The summed E-state index contributed by atoms with van der Waals surface area (Å²) in [5, 5.41) is 2.84. The summed E-state index contributed by atoms with van der Waals surface area (Å²) in [6, 6.07) is 18.1. The zero-order valence-corrected chi connectivity index (χ0v) is 17.0. The van der Waals surface area contributed by atoms with E-state index >= 15 is 0 Å². The molecule has 1 heterocycles. The van der Waals surface area contributed by atoms with Crippen LogP contribution in [0.4, 0.5) is 0 Å². The first kappa shape index (κ1) is 21.6. The van der Waals surface area contributed by atoms with E-state index in [1.165, 1.54) is 13.3 Å². The molecular weight excluding hydrogens is 398 g/mol. The summed E-state index contributed by atoms with van der Waals surface area (Å²) < 4.78 is 16.2. The molecule has 160 valence electrons. The fourth-order valence-electron chi connectivity index (χ4n) is 2.74. The minimum Gasteiger partial charge on any atom is -0.493 e. The largest absolute Gasteiger partial charge is 0.493 e. The molecule has 3 N–H and O–H groups in total. The fraction of sp³-hybridized carbons (Fsp3) is 0.174. The molecule has 3 aromatic rings. The number of carbonyl (C=O) groups excluding carboxylic acids is 2. The van der Waals surface area contributed by atoms with Gasteiger partial charge in [0.2, 0.25) is 5.88 Å². The van der Waals surface area contributed by atoms with Gasteiger partial charge in [-0.25, -0.2) is 4.98 Å². The maximum Gasteiger partial charge on any atom is 0.255 e. The van der Waals surface area contributed by atoms with Crippen molar-refractivity contribution in [1.29, 1.82) is 0 Å². The molecule has 0 atom stereocenters. The van der Waals surface area contributed by atoms with E-state index in [1.54, 1.807) is 30.3 Å². The topological polar surface area (TPSA) is 113 Å². The third-order valence-corrected chi connectivity index (χ3v) is 4.28. The van der Waals surface area contributed by atoms with Crippen molar-refractivity contribution in [3.63, 3.8) is 0 Å². The Morgan fingerprint density at radius 1 is 0.968 bits per heavy atom. The first-order valence-corrected chi connectivity index (χ1v) is 9.54. The summed E-state index contributed by atoms with van der Waals surface area (Å²) in [5.41, 5.74) is 7.34. The van der Waals surface area contributed by atoms with Crippen molar-refractivity contribution in [2.45, 2.75) is 13.2 Å². The molecule has 8 nitrogen and oxygen atoms in total. The Balaban J connectivity index is 1.58. The van der Waals surface area contributed by atoms with Crippen LogP contribution >= 0.6 is 0 Å². The summed E-state index contributed by atoms with van der Waals surface area (Å²) >= 11 is 0. The second kappa shape index (κ2) is 10.6. The first-order chi connectivity index (χ1) is 15.0. The number of nitrogens with zero attached hydrogens (tertiary/aromatic N) is 1. The van der Waals surface area contributed by atoms with Crippen LogP contribution in [0.3, 0.4) is 0 Å². The average Bonchev–Trinajstić information content (AvgIpc) is 2.80. The smallest absolute Gasteiger partial charge is 0.255 e. The number of primary amides is 1. The minimum atomic E-state index is -0.581. The lowest BCUT2D eigenvalue weighted by Crippen LogP contribution is -2.23. The molecule has 0 fully saturated rings. The number of ether oxygens (including phenoxy) is 3. The third kappa shape index (κ3) is 6.46. The van der Waals surface area contributed by atoms with E-state index in [0.717, 1.165) is 11.1 Å². The summed E-state index contributed by atoms with van der Waals surface area (Å²) in [5.74, 6) is 0.358. The lowest BCUT2D eigenvalue weighted by Gasteiger charge is -2.12. The fourth-order valence-corrected chi connectivity index (χ4v) is 2.74. The van der Waals surface area contributed by atoms with Crippen molar-refractivity contribution in [3.8, 4) is 17.4 Å². The molecule has 0 aliphatic rings. The van der Waals surface area contributed by atoms with Gasteiger partial charge in [0, 0.05) is 24.4 Å². The molecule has 0 saturated carbocycles. The number of carbonyl (C=O) groups is 2. The van der Waals surface area contributed by atoms with Crippen LogP contribution in [0.2, 0.25) is 0 Å². The van der Waals surface area contributed by atoms with Gasteiger partial charge >= 0.3 is 0 Å². The lowest BCUT2D eigenvalue weighted by molar-refractivity contribution is -0.119. The number of hydrogen-bond donors (Lipinski definition) is 2. The van der Waals surface area contributed by atoms with E-state index in [0.29, 0.717) is 29.5 Å². The van der Waals surface area contributed by atoms with Crippen LogP contribution in [0.25, 0.3) is 0 Å². The van der Waals surface area contributed by atoms with Gasteiger partial charge in [-0.3, -0.25) is 9.59 Å². The minimum absolute atomic E-state index is 0.247. The second-order valence-electron chi connectivity index (χ2n) is 6.58. The Hall–Kier alpha value is -4.07. The summed E-state index contributed by atoms with van der Waals surface area (Å²) in [6.45, 7) is 0.389. The van der Waals surface area contributed by atoms with Gasteiger partial charge in [0.05, 0.1) is 7.11 Å². The van der Waals surface area contributed by atoms with E-state index in [2.05, 4.69) is 10.3 Å². The zero-order chi connectivity index (χ0) is 22.1. The van der Waals surface area contributed by atoms with E-state index in [9.17, 15) is 9.59 Å². The van der Waals surface area contributed by atoms with Gasteiger partial charge in [0.15, 0.2) is 18.1 Å². The molecule has 1 aromatic heterocycles. The molecule has 0 bridgehead atoms. The van der Waals surface area contributed by atoms with E-state index < -0.39 is 5.91 Å². The third-order valence-electron chi connectivity index (χ3n) is 4.28. The van der Waals surface area contributed by atoms with Crippen molar-refractivity contribution < 1.29 is 23.8 Å². The molecule has 2 amide bonds. The van der Waals surface area contributed by atoms with Crippen LogP contribution in [0.1, 0.15) is 21.5 Å². The number of rotatable bonds is 10. The summed E-state index contributed by atoms with van der Waals surface area (Å²) in [6.07, 6.45) is 1.53. The molecular formula is C23H23N3O5. The monoisotopic (exact) mass is 421 g/mol. The van der Waals surface area contributed by atoms with Crippen molar-refractivity contribution in [2.75, 3.05) is 13.7 Å². The maximum atomic E-state index is 12.5. The molecule has 3 rings (SSSR count). The van der Waals surface area contributed by atoms with Gasteiger partial charge in [0.1, 0.15) is 6.61 Å². The SMILES string of the molecule is COc1cc(CNC(=O)c2ccnc(OCc3ccccc3)c2)ccc1OCC(N)=O. The highest BCUT2D eigenvalue weighted by molar-refractivity contribution is 5.94. The predicted molar refractivity (Wildman–Crippen MR) is 114 cm³/mol. The standard InChI is InChI=1S/C23H23N3O5/c1-29-20-11-17(7-8-19(20)30-15-21(24)27)13-26-23(28)18-9-10-25-22(12-18)31-14-16-5-3-2-4-6-16/h2-12H,13-15H2,1H3,(H2,24,27)(H,26,28). The van der Waals surface area contributed by atoms with E-state index in [1.807, 2.05) is 30.3 Å². The van der Waals surface area contributed by atoms with E-state index in [-0.39, 0.29) is 19.1 Å². The number of benzene rings is 2. The zero-order valence-electron chi connectivity index (χ0n) is 17.0. The van der Waals surface area contributed by atoms with Crippen molar-refractivity contribution in [1.82, 2.24) is 10.3 Å². The molecule has 0 aliphatic carbocycles. The number of methoxy groups -OCH3 is 1. The molecule has 31 heavy (non-hydrogen) atoms. The second-order valence-corrected chi connectivity index (χ2v) is 6.58. The van der Waals surface area contributed by atoms with E-state index in [4.69, 9.17) is 19.9 Å². The van der Waals surface area contributed by atoms with Crippen LogP contribution in [-0.2, 0) is 17.9 Å². The van der Waals surface area contributed by atoms with Crippen molar-refractivity contribution >= 4 is 11.8 Å². The number of nitrogens with one attached hydrogen (secondary N) is 1. The Bertz CT molecular complexity index is 1040. The molecule has 0 unspecified atom stereocenters. The highest BCUT2D eigenvalue weighted by Crippen LogP contribution is 2.28. The molecule has 8 heteroatoms. The molecule has 2 aromatic carbocycles. The Labute approximate surface area is 180 Å². The van der Waals surface area contributed by atoms with Crippen LogP contribution < -0.4 is 25.3 Å². The quantitative estimate of drug-likeness (QED) is 0.520. The Morgan fingerprint density at radius 3 is 2.52 bits per heavy atom. The summed E-state index contributed by atoms with van der Waals surface area (Å²) in [7, 11) is 1.49. The maximum absolute atomic E-state index is 12.5. The average molecular weight is 421 g/mol. The van der Waals surface area contributed by atoms with Crippen LogP contribution in [0.5, 0.6) is 17.4 Å².